The molecule has 0 amide bonds. The van der Waals surface area contributed by atoms with Crippen LogP contribution < -0.4 is 11.5 Å². The summed E-state index contributed by atoms with van der Waals surface area (Å²) in [5, 5.41) is 0. The Kier molecular flexibility index (Phi) is 3.14. The second kappa shape index (κ2) is 4.86. The zero-order valence-electron chi connectivity index (χ0n) is 11.8. The van der Waals surface area contributed by atoms with Crippen molar-refractivity contribution in [3.63, 3.8) is 0 Å². The van der Waals surface area contributed by atoms with E-state index in [2.05, 4.69) is 0 Å². The SMILES string of the molecule is Cc1cc(C(N)c2ccc3c(c2)oc(=O)n3C)ccc1F. The van der Waals surface area contributed by atoms with Crippen LogP contribution in [0.5, 0.6) is 0 Å². The molecule has 0 aliphatic rings. The van der Waals surface area contributed by atoms with Crippen molar-refractivity contribution in [1.29, 1.82) is 0 Å². The molecule has 0 saturated carbocycles. The average Bonchev–Trinajstić information content (AvgIpc) is 2.76. The van der Waals surface area contributed by atoms with Gasteiger partial charge in [-0.2, -0.15) is 0 Å². The first-order valence-corrected chi connectivity index (χ1v) is 6.58. The van der Waals surface area contributed by atoms with Crippen LogP contribution in [-0.2, 0) is 7.05 Å². The van der Waals surface area contributed by atoms with Gasteiger partial charge in [-0.1, -0.05) is 18.2 Å². The molecule has 0 fully saturated rings. The molecule has 1 heterocycles. The number of benzene rings is 2. The monoisotopic (exact) mass is 286 g/mol. The Morgan fingerprint density at radius 2 is 1.86 bits per heavy atom. The normalized spacial score (nSPS) is 12.8. The number of rotatable bonds is 2. The maximum Gasteiger partial charge on any atom is 0.419 e. The van der Waals surface area contributed by atoms with Gasteiger partial charge < -0.3 is 10.2 Å². The number of halogens is 1. The van der Waals surface area contributed by atoms with Crippen LogP contribution in [0, 0.1) is 12.7 Å². The molecule has 4 nitrogen and oxygen atoms in total. The van der Waals surface area contributed by atoms with Crippen LogP contribution in [0.3, 0.4) is 0 Å². The topological polar surface area (TPSA) is 61.2 Å². The van der Waals surface area contributed by atoms with E-state index >= 15 is 0 Å². The van der Waals surface area contributed by atoms with Gasteiger partial charge in [0.1, 0.15) is 5.82 Å². The Morgan fingerprint density at radius 3 is 2.57 bits per heavy atom. The first-order valence-electron chi connectivity index (χ1n) is 6.58. The minimum Gasteiger partial charge on any atom is -0.408 e. The predicted octanol–water partition coefficient (Wildman–Crippen LogP) is 2.63. The van der Waals surface area contributed by atoms with Crippen molar-refractivity contribution in [3.8, 4) is 0 Å². The van der Waals surface area contributed by atoms with Crippen molar-refractivity contribution in [1.82, 2.24) is 4.57 Å². The molecular formula is C16H15FN2O2. The van der Waals surface area contributed by atoms with Crippen LogP contribution in [0.15, 0.2) is 45.6 Å². The lowest BCUT2D eigenvalue weighted by Gasteiger charge is -2.13. The van der Waals surface area contributed by atoms with E-state index in [0.717, 1.165) is 11.1 Å². The molecule has 1 aromatic heterocycles. The third-order valence-corrected chi connectivity index (χ3v) is 3.72. The Morgan fingerprint density at radius 1 is 1.19 bits per heavy atom. The number of oxazole rings is 1. The Labute approximate surface area is 120 Å². The Hall–Kier alpha value is -2.40. The van der Waals surface area contributed by atoms with Gasteiger partial charge in [-0.3, -0.25) is 4.57 Å². The Bertz CT molecular complexity index is 880. The fourth-order valence-electron chi connectivity index (χ4n) is 2.40. The summed E-state index contributed by atoms with van der Waals surface area (Å²) in [5.74, 6) is -0.663. The van der Waals surface area contributed by atoms with E-state index < -0.39 is 11.8 Å². The van der Waals surface area contributed by atoms with Crippen LogP contribution >= 0.6 is 0 Å². The van der Waals surface area contributed by atoms with Gasteiger partial charge in [-0.25, -0.2) is 9.18 Å². The summed E-state index contributed by atoms with van der Waals surface area (Å²) in [5.41, 5.74) is 9.60. The summed E-state index contributed by atoms with van der Waals surface area (Å²) in [7, 11) is 1.65. The molecule has 3 aromatic rings. The second-order valence-electron chi connectivity index (χ2n) is 5.14. The largest absolute Gasteiger partial charge is 0.419 e. The first-order chi connectivity index (χ1) is 9.97. The molecule has 0 aliphatic heterocycles. The van der Waals surface area contributed by atoms with E-state index in [1.54, 1.807) is 38.2 Å². The van der Waals surface area contributed by atoms with Crippen LogP contribution in [0.25, 0.3) is 11.1 Å². The van der Waals surface area contributed by atoms with E-state index in [1.807, 2.05) is 6.07 Å². The van der Waals surface area contributed by atoms with E-state index in [4.69, 9.17) is 10.2 Å². The number of aromatic nitrogens is 1. The molecule has 1 unspecified atom stereocenters. The molecule has 3 rings (SSSR count). The standard InChI is InChI=1S/C16H15FN2O2/c1-9-7-10(3-5-12(9)17)15(18)11-4-6-13-14(8-11)21-16(20)19(13)2/h3-8,15H,18H2,1-2H3. The van der Waals surface area contributed by atoms with E-state index in [1.165, 1.54) is 10.6 Å². The summed E-state index contributed by atoms with van der Waals surface area (Å²) >= 11 is 0. The van der Waals surface area contributed by atoms with Crippen LogP contribution in [0.2, 0.25) is 0 Å². The lowest BCUT2D eigenvalue weighted by Crippen LogP contribution is -2.12. The minimum absolute atomic E-state index is 0.254. The van der Waals surface area contributed by atoms with Crippen LogP contribution in [-0.4, -0.2) is 4.57 Å². The van der Waals surface area contributed by atoms with Gasteiger partial charge in [0.25, 0.3) is 0 Å². The van der Waals surface area contributed by atoms with E-state index in [9.17, 15) is 9.18 Å². The van der Waals surface area contributed by atoms with E-state index in [-0.39, 0.29) is 5.82 Å². The molecule has 2 aromatic carbocycles. The first kappa shape index (κ1) is 13.6. The van der Waals surface area contributed by atoms with E-state index in [0.29, 0.717) is 16.7 Å². The fraction of sp³-hybridized carbons (Fsp3) is 0.188. The smallest absolute Gasteiger partial charge is 0.408 e. The third-order valence-electron chi connectivity index (χ3n) is 3.72. The summed E-state index contributed by atoms with van der Waals surface area (Å²) in [6, 6.07) is 9.79. The van der Waals surface area contributed by atoms with Crippen molar-refractivity contribution in [3.05, 3.63) is 69.5 Å². The Balaban J connectivity index is 2.06. The molecule has 5 heteroatoms. The lowest BCUT2D eigenvalue weighted by molar-refractivity contribution is 0.527. The van der Waals surface area contributed by atoms with Crippen molar-refractivity contribution >= 4 is 11.1 Å². The molecule has 21 heavy (non-hydrogen) atoms. The van der Waals surface area contributed by atoms with Crippen molar-refractivity contribution in [2.24, 2.45) is 12.8 Å². The highest BCUT2D eigenvalue weighted by molar-refractivity contribution is 5.74. The molecular weight excluding hydrogens is 271 g/mol. The number of nitrogens with two attached hydrogens (primary N) is 1. The summed E-state index contributed by atoms with van der Waals surface area (Å²) < 4.78 is 19.9. The number of aryl methyl sites for hydroxylation is 2. The average molecular weight is 286 g/mol. The van der Waals surface area contributed by atoms with Crippen molar-refractivity contribution in [2.75, 3.05) is 0 Å². The van der Waals surface area contributed by atoms with Crippen LogP contribution in [0.1, 0.15) is 22.7 Å². The number of hydrogen-bond donors (Lipinski definition) is 1. The number of fused-ring (bicyclic) bond motifs is 1. The molecule has 108 valence electrons. The minimum atomic E-state index is -0.409. The highest BCUT2D eigenvalue weighted by atomic mass is 19.1. The van der Waals surface area contributed by atoms with Crippen molar-refractivity contribution in [2.45, 2.75) is 13.0 Å². The number of nitrogens with zero attached hydrogens (tertiary/aromatic N) is 1. The van der Waals surface area contributed by atoms with Gasteiger partial charge in [-0.15, -0.1) is 0 Å². The molecule has 1 atom stereocenters. The maximum absolute atomic E-state index is 13.3. The molecule has 2 N–H and O–H groups in total. The van der Waals surface area contributed by atoms with Gasteiger partial charge >= 0.3 is 5.76 Å². The maximum atomic E-state index is 13.3. The zero-order valence-corrected chi connectivity index (χ0v) is 11.8. The predicted molar refractivity (Wildman–Crippen MR) is 78.6 cm³/mol. The van der Waals surface area contributed by atoms with Crippen molar-refractivity contribution < 1.29 is 8.81 Å². The highest BCUT2D eigenvalue weighted by Crippen LogP contribution is 2.24. The fourth-order valence-corrected chi connectivity index (χ4v) is 2.40. The van der Waals surface area contributed by atoms with Gasteiger partial charge in [0.15, 0.2) is 5.58 Å². The lowest BCUT2D eigenvalue weighted by atomic mass is 9.98. The quantitative estimate of drug-likeness (QED) is 0.787. The molecule has 0 bridgehead atoms. The van der Waals surface area contributed by atoms with Gasteiger partial charge in [-0.05, 0) is 41.8 Å². The van der Waals surface area contributed by atoms with Gasteiger partial charge in [0, 0.05) is 7.05 Å². The van der Waals surface area contributed by atoms with Gasteiger partial charge in [0.05, 0.1) is 11.6 Å². The van der Waals surface area contributed by atoms with Gasteiger partial charge in [0.2, 0.25) is 0 Å². The molecule has 0 aliphatic carbocycles. The number of hydrogen-bond acceptors (Lipinski definition) is 3. The zero-order chi connectivity index (χ0) is 15.1. The summed E-state index contributed by atoms with van der Waals surface area (Å²) in [6.07, 6.45) is 0. The highest BCUT2D eigenvalue weighted by Gasteiger charge is 2.13. The third kappa shape index (κ3) is 2.25. The molecule has 0 spiro atoms. The molecule has 0 radical (unpaired) electrons. The second-order valence-corrected chi connectivity index (χ2v) is 5.14. The summed E-state index contributed by atoms with van der Waals surface area (Å²) in [4.78, 5) is 11.5. The molecule has 0 saturated heterocycles. The summed E-state index contributed by atoms with van der Waals surface area (Å²) in [6.45, 7) is 1.70. The van der Waals surface area contributed by atoms with Crippen LogP contribution in [0.4, 0.5) is 4.39 Å².